The van der Waals surface area contributed by atoms with Gasteiger partial charge in [0.05, 0.1) is 7.11 Å². The van der Waals surface area contributed by atoms with Crippen molar-refractivity contribution in [3.63, 3.8) is 0 Å². The zero-order valence-corrected chi connectivity index (χ0v) is 18.1. The van der Waals surface area contributed by atoms with E-state index in [9.17, 15) is 13.6 Å². The minimum Gasteiger partial charge on any atom is -0.488 e. The third-order valence-electron chi connectivity index (χ3n) is 6.08. The van der Waals surface area contributed by atoms with E-state index in [4.69, 9.17) is 9.47 Å². The number of rotatable bonds is 6. The summed E-state index contributed by atoms with van der Waals surface area (Å²) in [4.78, 5) is 12.3. The van der Waals surface area contributed by atoms with Crippen LogP contribution in [0.5, 0.6) is 5.75 Å². The van der Waals surface area contributed by atoms with E-state index in [0.29, 0.717) is 23.8 Å². The Balaban J connectivity index is 1.52. The van der Waals surface area contributed by atoms with Crippen molar-refractivity contribution in [3.05, 3.63) is 89.0 Å². The lowest BCUT2D eigenvalue weighted by molar-refractivity contribution is 0.0595. The maximum Gasteiger partial charge on any atom is 0.341 e. The zero-order chi connectivity index (χ0) is 22.5. The first-order valence-electron chi connectivity index (χ1n) is 10.9. The molecule has 0 spiro atoms. The van der Waals surface area contributed by atoms with E-state index in [-0.39, 0.29) is 11.1 Å². The summed E-state index contributed by atoms with van der Waals surface area (Å²) >= 11 is 0. The van der Waals surface area contributed by atoms with Gasteiger partial charge in [-0.1, -0.05) is 49.6 Å². The Morgan fingerprint density at radius 2 is 1.69 bits per heavy atom. The minimum absolute atomic E-state index is 0.188. The molecule has 3 nitrogen and oxygen atoms in total. The molecule has 0 heterocycles. The number of hydrogen-bond acceptors (Lipinski definition) is 3. The smallest absolute Gasteiger partial charge is 0.341 e. The molecule has 0 N–H and O–H groups in total. The van der Waals surface area contributed by atoms with E-state index in [2.05, 4.69) is 24.3 Å². The van der Waals surface area contributed by atoms with Crippen LogP contribution in [0.15, 0.2) is 60.7 Å². The third-order valence-corrected chi connectivity index (χ3v) is 6.08. The third kappa shape index (κ3) is 4.98. The van der Waals surface area contributed by atoms with Gasteiger partial charge >= 0.3 is 5.97 Å². The monoisotopic (exact) mass is 436 g/mol. The number of esters is 1. The van der Waals surface area contributed by atoms with Gasteiger partial charge in [-0.05, 0) is 59.7 Å². The molecule has 5 heteroatoms. The molecule has 3 aromatic carbocycles. The molecule has 0 aromatic heterocycles. The number of carbonyl (C=O) groups is 1. The summed E-state index contributed by atoms with van der Waals surface area (Å²) in [5.74, 6) is -0.957. The molecule has 0 saturated heterocycles. The minimum atomic E-state index is -0.701. The molecule has 1 aliphatic carbocycles. The van der Waals surface area contributed by atoms with Crippen LogP contribution in [-0.2, 0) is 11.3 Å². The van der Waals surface area contributed by atoms with Crippen molar-refractivity contribution in [1.82, 2.24) is 0 Å². The van der Waals surface area contributed by atoms with Crippen LogP contribution in [0.1, 0.15) is 59.5 Å². The van der Waals surface area contributed by atoms with Crippen LogP contribution in [0.25, 0.3) is 11.1 Å². The molecule has 1 fully saturated rings. The van der Waals surface area contributed by atoms with E-state index in [1.54, 1.807) is 12.1 Å². The van der Waals surface area contributed by atoms with Gasteiger partial charge in [-0.25, -0.2) is 13.6 Å². The van der Waals surface area contributed by atoms with Crippen LogP contribution in [0.2, 0.25) is 0 Å². The molecule has 0 bridgehead atoms. The second-order valence-electron chi connectivity index (χ2n) is 8.19. The Morgan fingerprint density at radius 3 is 2.38 bits per heavy atom. The Kier molecular flexibility index (Phi) is 6.84. The summed E-state index contributed by atoms with van der Waals surface area (Å²) in [6.07, 6.45) is 6.42. The summed E-state index contributed by atoms with van der Waals surface area (Å²) in [5, 5.41) is 0. The highest BCUT2D eigenvalue weighted by Crippen LogP contribution is 2.33. The SMILES string of the molecule is COC(=O)c1cc(-c2ccc(F)cc2F)ccc1OCc1ccc(C2CCCCC2)cc1. The van der Waals surface area contributed by atoms with Crippen LogP contribution >= 0.6 is 0 Å². The van der Waals surface area contributed by atoms with E-state index in [1.807, 2.05) is 0 Å². The fourth-order valence-electron chi connectivity index (χ4n) is 4.30. The molecular weight excluding hydrogens is 410 g/mol. The average molecular weight is 436 g/mol. The van der Waals surface area contributed by atoms with E-state index >= 15 is 0 Å². The predicted molar refractivity (Wildman–Crippen MR) is 120 cm³/mol. The maximum absolute atomic E-state index is 14.2. The standard InChI is InChI=1S/C27H26F2O3/c1-31-27(30)24-15-21(23-13-12-22(28)16-25(23)29)11-14-26(24)32-17-18-7-9-20(10-8-18)19-5-3-2-4-6-19/h7-16,19H,2-6,17H2,1H3. The number of carbonyl (C=O) groups excluding carboxylic acids is 1. The molecule has 1 saturated carbocycles. The van der Waals surface area contributed by atoms with Gasteiger partial charge < -0.3 is 9.47 Å². The number of hydrogen-bond donors (Lipinski definition) is 0. The topological polar surface area (TPSA) is 35.5 Å². The summed E-state index contributed by atoms with van der Waals surface area (Å²) in [6.45, 7) is 0.291. The molecule has 3 aromatic rings. The maximum atomic E-state index is 14.2. The van der Waals surface area contributed by atoms with Gasteiger partial charge in [-0.15, -0.1) is 0 Å². The highest BCUT2D eigenvalue weighted by molar-refractivity contribution is 5.94. The van der Waals surface area contributed by atoms with Gasteiger partial charge in [-0.3, -0.25) is 0 Å². The van der Waals surface area contributed by atoms with Gasteiger partial charge in [0.15, 0.2) is 0 Å². The lowest BCUT2D eigenvalue weighted by Crippen LogP contribution is -2.07. The molecule has 166 valence electrons. The van der Waals surface area contributed by atoms with Crippen molar-refractivity contribution in [2.75, 3.05) is 7.11 Å². The van der Waals surface area contributed by atoms with E-state index < -0.39 is 17.6 Å². The fraction of sp³-hybridized carbons (Fsp3) is 0.296. The summed E-state index contributed by atoms with van der Waals surface area (Å²) in [7, 11) is 1.28. The van der Waals surface area contributed by atoms with Gasteiger partial charge in [-0.2, -0.15) is 0 Å². The van der Waals surface area contributed by atoms with Gasteiger partial charge in [0.2, 0.25) is 0 Å². The second kappa shape index (κ2) is 9.94. The van der Waals surface area contributed by atoms with Crippen molar-refractivity contribution < 1.29 is 23.0 Å². The highest BCUT2D eigenvalue weighted by atomic mass is 19.1. The van der Waals surface area contributed by atoms with Gasteiger partial charge in [0.25, 0.3) is 0 Å². The van der Waals surface area contributed by atoms with Crippen LogP contribution in [-0.4, -0.2) is 13.1 Å². The number of benzene rings is 3. The predicted octanol–water partition coefficient (Wildman–Crippen LogP) is 7.05. The zero-order valence-electron chi connectivity index (χ0n) is 18.1. The Labute approximate surface area is 187 Å². The molecule has 0 amide bonds. The first-order valence-corrected chi connectivity index (χ1v) is 10.9. The first kappa shape index (κ1) is 22.0. The largest absolute Gasteiger partial charge is 0.488 e. The van der Waals surface area contributed by atoms with E-state index in [1.165, 1.54) is 63.0 Å². The van der Waals surface area contributed by atoms with Crippen LogP contribution < -0.4 is 4.74 Å². The number of methoxy groups -OCH3 is 1. The lowest BCUT2D eigenvalue weighted by Gasteiger charge is -2.22. The van der Waals surface area contributed by atoms with Crippen LogP contribution in [0.4, 0.5) is 8.78 Å². The van der Waals surface area contributed by atoms with Crippen molar-refractivity contribution >= 4 is 5.97 Å². The summed E-state index contributed by atoms with van der Waals surface area (Å²) < 4.78 is 38.2. The molecule has 4 rings (SSSR count). The van der Waals surface area contributed by atoms with Crippen molar-refractivity contribution in [2.24, 2.45) is 0 Å². The van der Waals surface area contributed by atoms with Crippen LogP contribution in [0, 0.1) is 11.6 Å². The number of halogens is 2. The van der Waals surface area contributed by atoms with Crippen molar-refractivity contribution in [1.29, 1.82) is 0 Å². The molecule has 0 atom stereocenters. The Hall–Kier alpha value is -3.21. The first-order chi connectivity index (χ1) is 15.5. The lowest BCUT2D eigenvalue weighted by atomic mass is 9.84. The molecule has 32 heavy (non-hydrogen) atoms. The molecule has 0 aliphatic heterocycles. The summed E-state index contributed by atoms with van der Waals surface area (Å²) in [6, 6.07) is 16.5. The fourth-order valence-corrected chi connectivity index (χ4v) is 4.30. The molecule has 1 aliphatic rings. The van der Waals surface area contributed by atoms with E-state index in [0.717, 1.165) is 11.6 Å². The van der Waals surface area contributed by atoms with Crippen LogP contribution in [0.3, 0.4) is 0 Å². The molecule has 0 radical (unpaired) electrons. The molecular formula is C27H26F2O3. The van der Waals surface area contributed by atoms with Gasteiger partial charge in [0, 0.05) is 11.6 Å². The van der Waals surface area contributed by atoms with Gasteiger partial charge in [0.1, 0.15) is 29.6 Å². The van der Waals surface area contributed by atoms with Crippen molar-refractivity contribution in [2.45, 2.75) is 44.6 Å². The Morgan fingerprint density at radius 1 is 0.938 bits per heavy atom. The highest BCUT2D eigenvalue weighted by Gasteiger charge is 2.18. The molecule has 0 unspecified atom stereocenters. The van der Waals surface area contributed by atoms with Crippen molar-refractivity contribution in [3.8, 4) is 16.9 Å². The Bertz CT molecular complexity index is 1090. The normalized spacial score (nSPS) is 14.2. The quantitative estimate of drug-likeness (QED) is 0.389. The summed E-state index contributed by atoms with van der Waals surface area (Å²) in [5.41, 5.74) is 3.18. The average Bonchev–Trinajstić information content (AvgIpc) is 2.83. The second-order valence-corrected chi connectivity index (χ2v) is 8.19. The number of ether oxygens (including phenoxy) is 2.